The number of hydrogen-bond acceptors (Lipinski definition) is 4. The number of fused-ring (bicyclic) bond motifs is 4. The topological polar surface area (TPSA) is 62.8 Å². The van der Waals surface area contributed by atoms with Crippen LogP contribution in [0.3, 0.4) is 0 Å². The molecule has 0 radical (unpaired) electrons. The van der Waals surface area contributed by atoms with Crippen LogP contribution in [0.4, 0.5) is 11.4 Å². The molecule has 168 valence electrons. The Hall–Kier alpha value is -3.10. The molecule has 2 heterocycles. The first-order valence-corrected chi connectivity index (χ1v) is 11.7. The van der Waals surface area contributed by atoms with Crippen LogP contribution in [-0.2, 0) is 4.79 Å². The minimum atomic E-state index is -1.05. The molecule has 2 N–H and O–H groups in total. The Bertz CT molecular complexity index is 1220. The molecule has 8 heteroatoms. The maximum atomic E-state index is 13.7. The van der Waals surface area contributed by atoms with Gasteiger partial charge in [0.1, 0.15) is 17.4 Å². The zero-order valence-electron chi connectivity index (χ0n) is 18.0. The van der Waals surface area contributed by atoms with Crippen LogP contribution in [0.2, 0.25) is 0 Å². The van der Waals surface area contributed by atoms with Crippen molar-refractivity contribution < 1.29 is 14.3 Å². The summed E-state index contributed by atoms with van der Waals surface area (Å²) in [7, 11) is 1.61. The zero-order valence-corrected chi connectivity index (χ0v) is 20.4. The number of rotatable bonds is 4. The van der Waals surface area contributed by atoms with Gasteiger partial charge in [-0.05, 0) is 73.7 Å². The lowest BCUT2D eigenvalue weighted by Gasteiger charge is -2.56. The summed E-state index contributed by atoms with van der Waals surface area (Å²) >= 11 is 9.26. The van der Waals surface area contributed by atoms with E-state index in [9.17, 15) is 4.79 Å². The summed E-state index contributed by atoms with van der Waals surface area (Å²) in [6.45, 7) is 1.92. The monoisotopic (exact) mass is 523 g/mol. The second kappa shape index (κ2) is 8.35. The van der Waals surface area contributed by atoms with Crippen molar-refractivity contribution in [1.29, 1.82) is 0 Å². The molecule has 3 atom stereocenters. The highest BCUT2D eigenvalue weighted by atomic mass is 79.9. The molecular formula is C25H22BrN3O3S. The Morgan fingerprint density at radius 2 is 1.82 bits per heavy atom. The third-order valence-electron chi connectivity index (χ3n) is 6.13. The van der Waals surface area contributed by atoms with Gasteiger partial charge in [0, 0.05) is 21.4 Å². The van der Waals surface area contributed by atoms with E-state index in [0.717, 1.165) is 27.2 Å². The summed E-state index contributed by atoms with van der Waals surface area (Å²) in [5.41, 5.74) is 1.37. The van der Waals surface area contributed by atoms with E-state index in [2.05, 4.69) is 26.6 Å². The second-order valence-corrected chi connectivity index (χ2v) is 9.43. The van der Waals surface area contributed by atoms with Crippen LogP contribution in [-0.4, -0.2) is 23.9 Å². The molecule has 0 spiro atoms. The van der Waals surface area contributed by atoms with E-state index in [1.807, 2.05) is 84.6 Å². The molecule has 0 aliphatic carbocycles. The molecule has 3 aromatic carbocycles. The number of anilines is 2. The highest BCUT2D eigenvalue weighted by molar-refractivity contribution is 9.10. The van der Waals surface area contributed by atoms with Gasteiger partial charge in [0.25, 0.3) is 0 Å². The molecule has 0 saturated carbocycles. The van der Waals surface area contributed by atoms with Gasteiger partial charge in [-0.2, -0.15) is 0 Å². The molecule has 1 saturated heterocycles. The number of ether oxygens (including phenoxy) is 2. The van der Waals surface area contributed by atoms with Crippen molar-refractivity contribution in [2.24, 2.45) is 5.92 Å². The van der Waals surface area contributed by atoms with Gasteiger partial charge >= 0.3 is 0 Å². The van der Waals surface area contributed by atoms with E-state index in [0.29, 0.717) is 10.8 Å². The molecule has 2 aliphatic rings. The number of nitrogens with one attached hydrogen (secondary N) is 2. The fourth-order valence-electron chi connectivity index (χ4n) is 4.60. The first kappa shape index (κ1) is 21.7. The van der Waals surface area contributed by atoms with Crippen molar-refractivity contribution in [2.45, 2.75) is 18.7 Å². The summed E-state index contributed by atoms with van der Waals surface area (Å²) in [6, 6.07) is 22.5. The highest BCUT2D eigenvalue weighted by Gasteiger charge is 2.59. The van der Waals surface area contributed by atoms with Gasteiger partial charge in [0.05, 0.1) is 13.2 Å². The molecule has 1 amide bonds. The third kappa shape index (κ3) is 3.73. The summed E-state index contributed by atoms with van der Waals surface area (Å²) in [4.78, 5) is 15.6. The second-order valence-electron chi connectivity index (χ2n) is 8.13. The third-order valence-corrected chi connectivity index (χ3v) is 6.96. The Morgan fingerprint density at radius 1 is 1.12 bits per heavy atom. The van der Waals surface area contributed by atoms with Crippen molar-refractivity contribution >= 4 is 50.5 Å². The van der Waals surface area contributed by atoms with E-state index >= 15 is 0 Å². The Morgan fingerprint density at radius 3 is 2.52 bits per heavy atom. The number of benzene rings is 3. The van der Waals surface area contributed by atoms with E-state index < -0.39 is 11.6 Å². The molecule has 1 fully saturated rings. The number of carbonyl (C=O) groups excluding carboxylic acids is 1. The van der Waals surface area contributed by atoms with Crippen molar-refractivity contribution in [3.63, 3.8) is 0 Å². The Kier molecular flexibility index (Phi) is 5.50. The van der Waals surface area contributed by atoms with Crippen molar-refractivity contribution in [1.82, 2.24) is 5.32 Å². The number of nitrogens with zero attached hydrogens (tertiary/aromatic N) is 1. The first-order chi connectivity index (χ1) is 15.9. The lowest BCUT2D eigenvalue weighted by Crippen LogP contribution is -2.72. The molecule has 2 aliphatic heterocycles. The number of halogens is 1. The molecule has 0 unspecified atom stereocenters. The quantitative estimate of drug-likeness (QED) is 0.455. The molecule has 3 aromatic rings. The average Bonchev–Trinajstić information content (AvgIpc) is 2.80. The van der Waals surface area contributed by atoms with Crippen molar-refractivity contribution in [3.8, 4) is 11.5 Å². The van der Waals surface area contributed by atoms with Gasteiger partial charge < -0.3 is 20.1 Å². The fourth-order valence-corrected chi connectivity index (χ4v) is 5.28. The highest BCUT2D eigenvalue weighted by Crippen LogP contribution is 2.49. The van der Waals surface area contributed by atoms with Gasteiger partial charge in [0.2, 0.25) is 5.91 Å². The predicted molar refractivity (Wildman–Crippen MR) is 136 cm³/mol. The molecule has 2 bridgehead atoms. The van der Waals surface area contributed by atoms with Crippen LogP contribution < -0.4 is 25.0 Å². The summed E-state index contributed by atoms with van der Waals surface area (Å²) in [6.07, 6.45) is 0. The average molecular weight is 524 g/mol. The zero-order chi connectivity index (χ0) is 23.2. The number of thiocarbonyl (C=S) groups is 1. The number of hydrogen-bond donors (Lipinski definition) is 2. The van der Waals surface area contributed by atoms with Crippen LogP contribution in [0, 0.1) is 5.92 Å². The maximum Gasteiger partial charge on any atom is 0.236 e. The van der Waals surface area contributed by atoms with Crippen molar-refractivity contribution in [2.75, 3.05) is 17.3 Å². The van der Waals surface area contributed by atoms with Gasteiger partial charge in [-0.15, -0.1) is 0 Å². The van der Waals surface area contributed by atoms with Gasteiger partial charge in [-0.1, -0.05) is 34.1 Å². The summed E-state index contributed by atoms with van der Waals surface area (Å²) in [5.74, 6) is 0.694. The first-order valence-electron chi connectivity index (χ1n) is 10.5. The number of para-hydroxylation sites is 1. The number of carbonyl (C=O) groups is 1. The van der Waals surface area contributed by atoms with Crippen LogP contribution >= 0.6 is 28.1 Å². The van der Waals surface area contributed by atoms with E-state index in [-0.39, 0.29) is 11.9 Å². The summed E-state index contributed by atoms with van der Waals surface area (Å²) < 4.78 is 12.7. The van der Waals surface area contributed by atoms with Gasteiger partial charge in [-0.25, -0.2) is 0 Å². The minimum Gasteiger partial charge on any atom is -0.497 e. The maximum absolute atomic E-state index is 13.7. The van der Waals surface area contributed by atoms with E-state index in [4.69, 9.17) is 21.7 Å². The van der Waals surface area contributed by atoms with E-state index in [1.165, 1.54) is 0 Å². The van der Waals surface area contributed by atoms with Crippen LogP contribution in [0.15, 0.2) is 77.3 Å². The normalized spacial score (nSPS) is 23.1. The lowest BCUT2D eigenvalue weighted by molar-refractivity contribution is -0.130. The molecule has 0 aromatic heterocycles. The van der Waals surface area contributed by atoms with E-state index in [1.54, 1.807) is 7.11 Å². The largest absolute Gasteiger partial charge is 0.497 e. The van der Waals surface area contributed by atoms with Gasteiger partial charge in [0.15, 0.2) is 10.8 Å². The standard InChI is InChI=1S/C25H22BrN3O3S/c1-25-21(23(30)27-16-9-13-18(31-2)14-10-16)22(19-5-3-4-6-20(19)32-25)28-24(33)29(25)17-11-7-15(26)8-12-17/h3-14,21-22H,1-2H3,(H,27,30)(H,28,33)/t21-,22-,25+/m1/s1. The Labute approximate surface area is 206 Å². The molecule has 5 rings (SSSR count). The van der Waals surface area contributed by atoms with Crippen LogP contribution in [0.5, 0.6) is 11.5 Å². The van der Waals surface area contributed by atoms with Crippen LogP contribution in [0.25, 0.3) is 0 Å². The molecule has 6 nitrogen and oxygen atoms in total. The number of methoxy groups -OCH3 is 1. The van der Waals surface area contributed by atoms with Crippen LogP contribution in [0.1, 0.15) is 18.5 Å². The van der Waals surface area contributed by atoms with Crippen molar-refractivity contribution in [3.05, 3.63) is 82.8 Å². The SMILES string of the molecule is COc1ccc(NC(=O)[C@H]2[C@@H]3NC(=S)N(c4ccc(Br)cc4)[C@@]2(C)Oc2ccccc23)cc1. The van der Waals surface area contributed by atoms with Gasteiger partial charge in [-0.3, -0.25) is 9.69 Å². The minimum absolute atomic E-state index is 0.167. The summed E-state index contributed by atoms with van der Waals surface area (Å²) in [5, 5.41) is 6.97. The molecular weight excluding hydrogens is 502 g/mol. The lowest BCUT2D eigenvalue weighted by atomic mass is 9.78. The number of amides is 1. The predicted octanol–water partition coefficient (Wildman–Crippen LogP) is 5.26. The smallest absolute Gasteiger partial charge is 0.236 e. The Balaban J connectivity index is 1.58. The molecule has 33 heavy (non-hydrogen) atoms. The fraction of sp³-hybridized carbons (Fsp3) is 0.200.